The van der Waals surface area contributed by atoms with Crippen LogP contribution >= 0.6 is 33.9 Å². The van der Waals surface area contributed by atoms with E-state index in [2.05, 4.69) is 27.9 Å². The van der Waals surface area contributed by atoms with Crippen molar-refractivity contribution in [1.29, 1.82) is 0 Å². The normalized spacial score (nSPS) is 9.94. The number of benzene rings is 1. The average molecular weight is 359 g/mol. The lowest BCUT2D eigenvalue weighted by atomic mass is 10.2. The van der Waals surface area contributed by atoms with Gasteiger partial charge in [0.15, 0.2) is 0 Å². The van der Waals surface area contributed by atoms with Crippen LogP contribution in [0.4, 0.5) is 9.80 Å². The Bertz CT molecular complexity index is 498. The van der Waals surface area contributed by atoms with Gasteiger partial charge in [0.1, 0.15) is 6.61 Å². The van der Waals surface area contributed by atoms with Crippen molar-refractivity contribution in [3.8, 4) is 0 Å². The molecule has 3 nitrogen and oxygen atoms in total. The molecular formula is C12H10INO2S. The van der Waals surface area contributed by atoms with Crippen LogP contribution in [0, 0.1) is 2.88 Å². The highest BCUT2D eigenvalue weighted by Gasteiger charge is 2.05. The second-order valence-corrected chi connectivity index (χ2v) is 6.27. The molecule has 1 aromatic heterocycles. The minimum absolute atomic E-state index is 0.287. The first-order valence-electron chi connectivity index (χ1n) is 4.97. The number of ether oxygens (including phenoxy) is 1. The van der Waals surface area contributed by atoms with E-state index in [0.717, 1.165) is 13.4 Å². The molecule has 0 radical (unpaired) electrons. The van der Waals surface area contributed by atoms with Gasteiger partial charge in [0.05, 0.1) is 7.88 Å². The number of carbonyl (C=O) groups is 1. The van der Waals surface area contributed by atoms with Crippen LogP contribution in [0.3, 0.4) is 0 Å². The monoisotopic (exact) mass is 359 g/mol. The Morgan fingerprint density at radius 2 is 2.00 bits per heavy atom. The van der Waals surface area contributed by atoms with E-state index in [1.54, 1.807) is 0 Å². The fourth-order valence-electron chi connectivity index (χ4n) is 1.24. The highest BCUT2D eigenvalue weighted by Crippen LogP contribution is 2.23. The molecule has 0 aliphatic rings. The molecule has 0 aliphatic carbocycles. The van der Waals surface area contributed by atoms with Crippen molar-refractivity contribution in [2.75, 3.05) is 5.32 Å². The van der Waals surface area contributed by atoms with Gasteiger partial charge in [-0.1, -0.05) is 30.3 Å². The maximum absolute atomic E-state index is 11.5. The van der Waals surface area contributed by atoms with Crippen molar-refractivity contribution in [1.82, 2.24) is 0 Å². The van der Waals surface area contributed by atoms with E-state index in [-0.39, 0.29) is 6.61 Å². The number of anilines is 1. The molecule has 5 heteroatoms. The third-order valence-electron chi connectivity index (χ3n) is 2.01. The summed E-state index contributed by atoms with van der Waals surface area (Å²) < 4.78 is 6.22. The number of hydrogen-bond acceptors (Lipinski definition) is 3. The Hall–Kier alpha value is -1.08. The summed E-state index contributed by atoms with van der Waals surface area (Å²) in [6, 6.07) is 13.4. The molecule has 1 aromatic carbocycles. The molecule has 1 N–H and O–H groups in total. The van der Waals surface area contributed by atoms with Gasteiger partial charge in [-0.3, -0.25) is 5.32 Å². The lowest BCUT2D eigenvalue weighted by Crippen LogP contribution is -2.12. The van der Waals surface area contributed by atoms with Gasteiger partial charge >= 0.3 is 6.09 Å². The molecule has 0 saturated carbocycles. The molecule has 0 unspecified atom stereocenters. The Kier molecular flexibility index (Phi) is 4.38. The fraction of sp³-hybridized carbons (Fsp3) is 0.0833. The average Bonchev–Trinajstić information content (AvgIpc) is 2.73. The van der Waals surface area contributed by atoms with Gasteiger partial charge in [-0.2, -0.15) is 0 Å². The zero-order valence-corrected chi connectivity index (χ0v) is 11.8. The van der Waals surface area contributed by atoms with E-state index in [4.69, 9.17) is 4.74 Å². The van der Waals surface area contributed by atoms with Gasteiger partial charge < -0.3 is 4.74 Å². The molecular weight excluding hydrogens is 349 g/mol. The summed E-state index contributed by atoms with van der Waals surface area (Å²) in [5.41, 5.74) is 0.975. The molecule has 2 aromatic rings. The topological polar surface area (TPSA) is 38.3 Å². The molecule has 0 spiro atoms. The Labute approximate surface area is 117 Å². The first-order valence-corrected chi connectivity index (χ1v) is 6.86. The summed E-state index contributed by atoms with van der Waals surface area (Å²) >= 11 is 3.72. The number of carbonyl (C=O) groups excluding carboxylic acids is 1. The molecule has 88 valence electrons. The zero-order chi connectivity index (χ0) is 12.1. The second-order valence-electron chi connectivity index (χ2n) is 3.29. The molecule has 0 aliphatic heterocycles. The maximum atomic E-state index is 11.5. The summed E-state index contributed by atoms with van der Waals surface area (Å²) in [7, 11) is 0. The fourth-order valence-corrected chi connectivity index (χ4v) is 2.75. The predicted molar refractivity (Wildman–Crippen MR) is 77.3 cm³/mol. The zero-order valence-electron chi connectivity index (χ0n) is 8.85. The van der Waals surface area contributed by atoms with E-state index in [9.17, 15) is 4.79 Å². The number of rotatable bonds is 3. The van der Waals surface area contributed by atoms with E-state index in [0.29, 0.717) is 0 Å². The van der Waals surface area contributed by atoms with Crippen LogP contribution < -0.4 is 5.32 Å². The molecule has 1 heterocycles. The highest BCUT2D eigenvalue weighted by atomic mass is 127. The SMILES string of the molecule is O=C(Nc1ccc(I)s1)OCc1ccccc1. The predicted octanol–water partition coefficient (Wildman–Crippen LogP) is 4.10. The standard InChI is InChI=1S/C12H10INO2S/c13-10-6-7-11(17-10)14-12(15)16-8-9-4-2-1-3-5-9/h1-7H,8H2,(H,14,15). The summed E-state index contributed by atoms with van der Waals surface area (Å²) in [4.78, 5) is 11.5. The third-order valence-corrected chi connectivity index (χ3v) is 3.82. The minimum atomic E-state index is -0.424. The lowest BCUT2D eigenvalue weighted by Gasteiger charge is -2.04. The molecule has 1 amide bonds. The number of hydrogen-bond donors (Lipinski definition) is 1. The van der Waals surface area contributed by atoms with Crippen molar-refractivity contribution in [3.05, 3.63) is 50.9 Å². The van der Waals surface area contributed by atoms with Crippen LogP contribution in [0.15, 0.2) is 42.5 Å². The Morgan fingerprint density at radius 3 is 2.65 bits per heavy atom. The molecule has 0 atom stereocenters. The van der Waals surface area contributed by atoms with E-state index < -0.39 is 6.09 Å². The van der Waals surface area contributed by atoms with Crippen LogP contribution in [-0.4, -0.2) is 6.09 Å². The number of thiophene rings is 1. The number of nitrogens with one attached hydrogen (secondary N) is 1. The van der Waals surface area contributed by atoms with Crippen LogP contribution in [0.25, 0.3) is 0 Å². The summed E-state index contributed by atoms with van der Waals surface area (Å²) in [5.74, 6) is 0. The van der Waals surface area contributed by atoms with Crippen LogP contribution in [0.1, 0.15) is 5.56 Å². The van der Waals surface area contributed by atoms with Crippen LogP contribution in [0.5, 0.6) is 0 Å². The molecule has 2 rings (SSSR count). The van der Waals surface area contributed by atoms with Crippen molar-refractivity contribution >= 4 is 45.0 Å². The highest BCUT2D eigenvalue weighted by molar-refractivity contribution is 14.1. The molecule has 0 fully saturated rings. The number of halogens is 1. The number of amides is 1. The van der Waals surface area contributed by atoms with Crippen molar-refractivity contribution < 1.29 is 9.53 Å². The van der Waals surface area contributed by atoms with E-state index >= 15 is 0 Å². The summed E-state index contributed by atoms with van der Waals surface area (Å²) in [5, 5.41) is 3.48. The largest absolute Gasteiger partial charge is 0.444 e. The Morgan fingerprint density at radius 1 is 1.24 bits per heavy atom. The first-order chi connectivity index (χ1) is 8.24. The van der Waals surface area contributed by atoms with E-state index in [1.807, 2.05) is 42.5 Å². The van der Waals surface area contributed by atoms with Crippen LogP contribution in [-0.2, 0) is 11.3 Å². The third kappa shape index (κ3) is 4.01. The summed E-state index contributed by atoms with van der Waals surface area (Å²) in [6.45, 7) is 0.287. The van der Waals surface area contributed by atoms with Crippen molar-refractivity contribution in [3.63, 3.8) is 0 Å². The smallest absolute Gasteiger partial charge is 0.412 e. The van der Waals surface area contributed by atoms with Crippen molar-refractivity contribution in [2.24, 2.45) is 0 Å². The van der Waals surface area contributed by atoms with Crippen LogP contribution in [0.2, 0.25) is 0 Å². The maximum Gasteiger partial charge on any atom is 0.412 e. The minimum Gasteiger partial charge on any atom is -0.444 e. The van der Waals surface area contributed by atoms with Gasteiger partial charge in [-0.25, -0.2) is 4.79 Å². The summed E-state index contributed by atoms with van der Waals surface area (Å²) in [6.07, 6.45) is -0.424. The quantitative estimate of drug-likeness (QED) is 0.838. The molecule has 0 saturated heterocycles. The van der Waals surface area contributed by atoms with Gasteiger partial charge in [0.2, 0.25) is 0 Å². The van der Waals surface area contributed by atoms with Gasteiger partial charge in [-0.15, -0.1) is 11.3 Å². The van der Waals surface area contributed by atoms with E-state index in [1.165, 1.54) is 11.3 Å². The Balaban J connectivity index is 1.82. The lowest BCUT2D eigenvalue weighted by molar-refractivity contribution is 0.155. The molecule has 0 bridgehead atoms. The van der Waals surface area contributed by atoms with Crippen molar-refractivity contribution in [2.45, 2.75) is 6.61 Å². The second kappa shape index (κ2) is 6.02. The molecule has 17 heavy (non-hydrogen) atoms. The van der Waals surface area contributed by atoms with Gasteiger partial charge in [0, 0.05) is 0 Å². The van der Waals surface area contributed by atoms with Gasteiger partial charge in [0.25, 0.3) is 0 Å². The first kappa shape index (κ1) is 12.4. The van der Waals surface area contributed by atoms with Gasteiger partial charge in [-0.05, 0) is 40.3 Å².